The van der Waals surface area contributed by atoms with E-state index in [1.807, 2.05) is 18.4 Å². The second-order valence-corrected chi connectivity index (χ2v) is 6.14. The fraction of sp³-hybridized carbons (Fsp3) is 0.375. The molecule has 0 aliphatic heterocycles. The highest BCUT2D eigenvalue weighted by molar-refractivity contribution is 7.10. The van der Waals surface area contributed by atoms with E-state index in [0.717, 1.165) is 16.1 Å². The largest absolute Gasteiger partial charge is 0.383 e. The number of carbonyl (C=O) groups is 1. The van der Waals surface area contributed by atoms with Crippen LogP contribution >= 0.6 is 11.3 Å². The predicted octanol–water partition coefficient (Wildman–Crippen LogP) is 2.34. The van der Waals surface area contributed by atoms with E-state index in [0.29, 0.717) is 19.7 Å². The average molecular weight is 320 g/mol. The van der Waals surface area contributed by atoms with Crippen molar-refractivity contribution in [3.63, 3.8) is 0 Å². The van der Waals surface area contributed by atoms with Gasteiger partial charge >= 0.3 is 0 Å². The Bertz CT molecular complexity index is 705. The number of nitrogens with zero attached hydrogens (tertiary/aromatic N) is 1. The number of hydrogen-bond donors (Lipinski definition) is 1. The summed E-state index contributed by atoms with van der Waals surface area (Å²) in [4.78, 5) is 30.4. The molecule has 5 nitrogen and oxygen atoms in total. The maximum Gasteiger partial charge on any atom is 0.259 e. The van der Waals surface area contributed by atoms with Gasteiger partial charge in [-0.15, -0.1) is 11.3 Å². The van der Waals surface area contributed by atoms with E-state index < -0.39 is 0 Å². The Morgan fingerprint density at radius 3 is 2.77 bits per heavy atom. The predicted molar refractivity (Wildman–Crippen MR) is 87.5 cm³/mol. The van der Waals surface area contributed by atoms with Crippen LogP contribution in [0, 0.1) is 13.8 Å². The minimum absolute atomic E-state index is 0.163. The number of pyridine rings is 1. The van der Waals surface area contributed by atoms with Crippen molar-refractivity contribution in [2.45, 2.75) is 20.4 Å². The maximum absolute atomic E-state index is 12.7. The SMILES string of the molecule is COCCN(Cc1sccc1C)C(=O)c1c[nH]c(C)cc1=O. The lowest BCUT2D eigenvalue weighted by Crippen LogP contribution is -2.36. The second kappa shape index (κ2) is 7.38. The molecule has 118 valence electrons. The Morgan fingerprint density at radius 2 is 2.18 bits per heavy atom. The monoisotopic (exact) mass is 320 g/mol. The van der Waals surface area contributed by atoms with Crippen LogP contribution in [0.1, 0.15) is 26.5 Å². The Hall–Kier alpha value is -1.92. The number of rotatable bonds is 6. The molecule has 0 spiro atoms. The van der Waals surface area contributed by atoms with Crippen molar-refractivity contribution in [3.05, 3.63) is 55.6 Å². The molecular formula is C16H20N2O3S. The van der Waals surface area contributed by atoms with Crippen LogP contribution in [-0.4, -0.2) is 36.1 Å². The van der Waals surface area contributed by atoms with Crippen LogP contribution in [0.4, 0.5) is 0 Å². The third kappa shape index (κ3) is 3.84. The van der Waals surface area contributed by atoms with Crippen molar-refractivity contribution in [3.8, 4) is 0 Å². The van der Waals surface area contributed by atoms with Crippen molar-refractivity contribution < 1.29 is 9.53 Å². The van der Waals surface area contributed by atoms with E-state index in [2.05, 4.69) is 4.98 Å². The maximum atomic E-state index is 12.7. The van der Waals surface area contributed by atoms with Gasteiger partial charge in [0, 0.05) is 36.5 Å². The Balaban J connectivity index is 2.26. The van der Waals surface area contributed by atoms with Crippen LogP contribution < -0.4 is 5.43 Å². The number of aromatic amines is 1. The van der Waals surface area contributed by atoms with Gasteiger partial charge in [-0.1, -0.05) is 0 Å². The number of hydrogen-bond acceptors (Lipinski definition) is 4. The molecule has 22 heavy (non-hydrogen) atoms. The minimum atomic E-state index is -0.272. The van der Waals surface area contributed by atoms with Crippen molar-refractivity contribution >= 4 is 17.2 Å². The molecule has 0 unspecified atom stereocenters. The van der Waals surface area contributed by atoms with Gasteiger partial charge in [-0.05, 0) is 30.9 Å². The van der Waals surface area contributed by atoms with Crippen molar-refractivity contribution in [2.75, 3.05) is 20.3 Å². The van der Waals surface area contributed by atoms with Gasteiger partial charge in [-0.3, -0.25) is 9.59 Å². The molecule has 0 aliphatic carbocycles. The third-order valence-corrected chi connectivity index (χ3v) is 4.45. The highest BCUT2D eigenvalue weighted by Crippen LogP contribution is 2.18. The summed E-state index contributed by atoms with van der Waals surface area (Å²) >= 11 is 1.61. The number of thiophene rings is 1. The van der Waals surface area contributed by atoms with Crippen LogP contribution in [0.25, 0.3) is 0 Å². The molecule has 0 bridgehead atoms. The van der Waals surface area contributed by atoms with E-state index in [1.54, 1.807) is 30.3 Å². The smallest absolute Gasteiger partial charge is 0.259 e. The van der Waals surface area contributed by atoms with Gasteiger partial charge < -0.3 is 14.6 Å². The summed E-state index contributed by atoms with van der Waals surface area (Å²) < 4.78 is 5.08. The van der Waals surface area contributed by atoms with Gasteiger partial charge in [0.25, 0.3) is 5.91 Å². The van der Waals surface area contributed by atoms with Crippen LogP contribution in [-0.2, 0) is 11.3 Å². The molecule has 0 fully saturated rings. The number of H-pyrrole nitrogens is 1. The van der Waals surface area contributed by atoms with Crippen molar-refractivity contribution in [1.82, 2.24) is 9.88 Å². The quantitative estimate of drug-likeness (QED) is 0.888. The molecule has 2 heterocycles. The van der Waals surface area contributed by atoms with Crippen LogP contribution in [0.15, 0.2) is 28.5 Å². The molecule has 6 heteroatoms. The fourth-order valence-corrected chi connectivity index (χ4v) is 3.02. The van der Waals surface area contributed by atoms with Crippen molar-refractivity contribution in [1.29, 1.82) is 0 Å². The van der Waals surface area contributed by atoms with Gasteiger partial charge in [0.1, 0.15) is 5.56 Å². The molecule has 0 aromatic carbocycles. The summed E-state index contributed by atoms with van der Waals surface area (Å²) in [6.45, 7) is 5.16. The van der Waals surface area contributed by atoms with E-state index in [-0.39, 0.29) is 16.9 Å². The zero-order chi connectivity index (χ0) is 16.1. The summed E-state index contributed by atoms with van der Waals surface area (Å²) in [5, 5.41) is 2.00. The number of carbonyl (C=O) groups excluding carboxylic acids is 1. The average Bonchev–Trinajstić information content (AvgIpc) is 2.88. The summed E-state index contributed by atoms with van der Waals surface area (Å²) in [7, 11) is 1.59. The molecule has 0 aliphatic rings. The van der Waals surface area contributed by atoms with Crippen LogP contribution in [0.3, 0.4) is 0 Å². The summed E-state index contributed by atoms with van der Waals surface area (Å²) in [5.74, 6) is -0.272. The lowest BCUT2D eigenvalue weighted by molar-refractivity contribution is 0.0680. The standard InChI is InChI=1S/C16H20N2O3S/c1-11-4-7-22-15(11)10-18(5-6-21-3)16(20)13-9-17-12(2)8-14(13)19/h4,7-9H,5-6,10H2,1-3H3,(H,17,19). The topological polar surface area (TPSA) is 62.4 Å². The molecule has 0 saturated heterocycles. The highest BCUT2D eigenvalue weighted by Gasteiger charge is 2.20. The molecule has 0 radical (unpaired) electrons. The molecular weight excluding hydrogens is 300 g/mol. The van der Waals surface area contributed by atoms with Crippen LogP contribution in [0.2, 0.25) is 0 Å². The number of amides is 1. The first-order valence-electron chi connectivity index (χ1n) is 7.03. The molecule has 2 aromatic heterocycles. The number of nitrogens with one attached hydrogen (secondary N) is 1. The van der Waals surface area contributed by atoms with Gasteiger partial charge in [0.15, 0.2) is 5.43 Å². The number of aromatic nitrogens is 1. The van der Waals surface area contributed by atoms with Gasteiger partial charge in [-0.25, -0.2) is 0 Å². The van der Waals surface area contributed by atoms with Crippen molar-refractivity contribution in [2.24, 2.45) is 0 Å². The van der Waals surface area contributed by atoms with E-state index in [1.165, 1.54) is 12.3 Å². The first kappa shape index (κ1) is 16.5. The molecule has 1 amide bonds. The highest BCUT2D eigenvalue weighted by atomic mass is 32.1. The first-order chi connectivity index (χ1) is 10.5. The molecule has 2 rings (SSSR count). The Labute approximate surface area is 133 Å². The van der Waals surface area contributed by atoms with Gasteiger partial charge in [0.05, 0.1) is 13.2 Å². The third-order valence-electron chi connectivity index (χ3n) is 3.44. The number of methoxy groups -OCH3 is 1. The van der Waals surface area contributed by atoms with Gasteiger partial charge in [-0.2, -0.15) is 0 Å². The number of aryl methyl sites for hydroxylation is 2. The Kier molecular flexibility index (Phi) is 5.51. The second-order valence-electron chi connectivity index (χ2n) is 5.14. The molecule has 1 N–H and O–H groups in total. The first-order valence-corrected chi connectivity index (χ1v) is 7.91. The number of ether oxygens (including phenoxy) is 1. The summed E-state index contributed by atoms with van der Waals surface area (Å²) in [6.07, 6.45) is 1.49. The molecule has 2 aromatic rings. The zero-order valence-electron chi connectivity index (χ0n) is 13.0. The minimum Gasteiger partial charge on any atom is -0.383 e. The van der Waals surface area contributed by atoms with Gasteiger partial charge in [0.2, 0.25) is 0 Å². The summed E-state index contributed by atoms with van der Waals surface area (Å²) in [6, 6.07) is 3.47. The van der Waals surface area contributed by atoms with E-state index in [9.17, 15) is 9.59 Å². The lowest BCUT2D eigenvalue weighted by atomic mass is 10.2. The Morgan fingerprint density at radius 1 is 1.41 bits per heavy atom. The van der Waals surface area contributed by atoms with Crippen LogP contribution in [0.5, 0.6) is 0 Å². The zero-order valence-corrected chi connectivity index (χ0v) is 13.8. The van der Waals surface area contributed by atoms with E-state index >= 15 is 0 Å². The fourth-order valence-electron chi connectivity index (χ4n) is 2.10. The summed E-state index contributed by atoms with van der Waals surface area (Å²) in [5.41, 5.74) is 1.79. The molecule has 0 saturated carbocycles. The lowest BCUT2D eigenvalue weighted by Gasteiger charge is -2.22. The van der Waals surface area contributed by atoms with E-state index in [4.69, 9.17) is 4.74 Å². The molecule has 0 atom stereocenters. The normalized spacial score (nSPS) is 10.7.